The molecular formula is C21H24ClN5O4S. The van der Waals surface area contributed by atoms with E-state index in [0.717, 1.165) is 12.0 Å². The van der Waals surface area contributed by atoms with Crippen molar-refractivity contribution in [1.29, 1.82) is 0 Å². The van der Waals surface area contributed by atoms with E-state index in [9.17, 15) is 13.2 Å². The Morgan fingerprint density at radius 1 is 1.16 bits per heavy atom. The van der Waals surface area contributed by atoms with Crippen LogP contribution < -0.4 is 15.0 Å². The molecule has 0 aliphatic heterocycles. The summed E-state index contributed by atoms with van der Waals surface area (Å²) in [5.41, 5.74) is 1.58. The fourth-order valence-electron chi connectivity index (χ4n) is 2.94. The number of unbranched alkanes of at least 4 members (excludes halogenated alkanes) is 1. The second kappa shape index (κ2) is 9.66. The number of nitrogens with zero attached hydrogens (tertiary/aromatic N) is 4. The highest BCUT2D eigenvalue weighted by Crippen LogP contribution is 2.32. The van der Waals surface area contributed by atoms with Crippen LogP contribution >= 0.6 is 11.6 Å². The number of anilines is 1. The molecule has 2 heterocycles. The van der Waals surface area contributed by atoms with Gasteiger partial charge in [0.15, 0.2) is 11.6 Å². The molecule has 0 unspecified atom stereocenters. The van der Waals surface area contributed by atoms with E-state index >= 15 is 0 Å². The molecule has 32 heavy (non-hydrogen) atoms. The summed E-state index contributed by atoms with van der Waals surface area (Å²) in [4.78, 5) is 24.8. The number of hydrogen-bond donors (Lipinski definition) is 1. The summed E-state index contributed by atoms with van der Waals surface area (Å²) >= 11 is 6.25. The molecule has 0 aliphatic rings. The van der Waals surface area contributed by atoms with Crippen molar-refractivity contribution in [3.63, 3.8) is 0 Å². The summed E-state index contributed by atoms with van der Waals surface area (Å²) in [7, 11) is -2.05. The molecule has 0 spiro atoms. The molecule has 0 aliphatic carbocycles. The average molecular weight is 478 g/mol. The van der Waals surface area contributed by atoms with Crippen LogP contribution in [0.25, 0.3) is 11.4 Å². The van der Waals surface area contributed by atoms with Crippen molar-refractivity contribution in [3.05, 3.63) is 57.0 Å². The number of halogens is 1. The van der Waals surface area contributed by atoms with Crippen LogP contribution in [-0.2, 0) is 17.1 Å². The molecule has 0 radical (unpaired) electrons. The van der Waals surface area contributed by atoms with Crippen molar-refractivity contribution >= 4 is 27.6 Å². The SMILES string of the molecule is CCCCS(=O)(=O)Nc1nc(Oc2c(C)cccc2Cl)nc(-c2cc(C)c(=O)n(C)c2)n1. The minimum Gasteiger partial charge on any atom is -0.422 e. The number of para-hydroxylation sites is 1. The fraction of sp³-hybridized carbons (Fsp3) is 0.333. The van der Waals surface area contributed by atoms with Crippen molar-refractivity contribution in [2.24, 2.45) is 7.05 Å². The van der Waals surface area contributed by atoms with E-state index < -0.39 is 10.0 Å². The van der Waals surface area contributed by atoms with E-state index in [1.807, 2.05) is 19.9 Å². The fourth-order valence-corrected chi connectivity index (χ4v) is 4.34. The van der Waals surface area contributed by atoms with Crippen LogP contribution in [0.1, 0.15) is 30.9 Å². The van der Waals surface area contributed by atoms with E-state index in [1.165, 1.54) is 4.57 Å². The van der Waals surface area contributed by atoms with Crippen molar-refractivity contribution in [1.82, 2.24) is 19.5 Å². The summed E-state index contributed by atoms with van der Waals surface area (Å²) in [6.45, 7) is 5.39. The molecule has 3 rings (SSSR count). The maximum Gasteiger partial charge on any atom is 0.327 e. The molecule has 0 amide bonds. The van der Waals surface area contributed by atoms with E-state index in [0.29, 0.717) is 28.3 Å². The lowest BCUT2D eigenvalue weighted by atomic mass is 10.2. The third-order valence-electron chi connectivity index (χ3n) is 4.61. The molecule has 0 atom stereocenters. The van der Waals surface area contributed by atoms with Crippen LogP contribution in [0, 0.1) is 13.8 Å². The molecule has 0 saturated heterocycles. The van der Waals surface area contributed by atoms with Gasteiger partial charge in [-0.1, -0.05) is 37.1 Å². The normalized spacial score (nSPS) is 11.4. The number of aryl methyl sites for hydroxylation is 3. The summed E-state index contributed by atoms with van der Waals surface area (Å²) in [6.07, 6.45) is 2.78. The van der Waals surface area contributed by atoms with Gasteiger partial charge in [0.05, 0.1) is 10.8 Å². The Kier molecular flexibility index (Phi) is 7.15. The molecule has 2 aromatic heterocycles. The van der Waals surface area contributed by atoms with Gasteiger partial charge >= 0.3 is 6.01 Å². The first-order chi connectivity index (χ1) is 15.1. The quantitative estimate of drug-likeness (QED) is 0.523. The Morgan fingerprint density at radius 3 is 2.56 bits per heavy atom. The standard InChI is InChI=1S/C21H24ClN5O4S/c1-5-6-10-32(29,30)26-20-23-18(15-11-14(3)19(28)27(4)12-15)24-21(25-20)31-17-13(2)8-7-9-16(17)22/h7-9,11-12H,5-6,10H2,1-4H3,(H,23,24,25,26). The number of rotatable bonds is 8. The molecule has 0 saturated carbocycles. The number of benzene rings is 1. The summed E-state index contributed by atoms with van der Waals surface area (Å²) < 4.78 is 34.5. The van der Waals surface area contributed by atoms with Gasteiger partial charge in [0.25, 0.3) is 5.56 Å². The van der Waals surface area contributed by atoms with Crippen molar-refractivity contribution in [2.45, 2.75) is 33.6 Å². The molecule has 11 heteroatoms. The van der Waals surface area contributed by atoms with Crippen LogP contribution in [0.5, 0.6) is 11.8 Å². The molecule has 9 nitrogen and oxygen atoms in total. The van der Waals surface area contributed by atoms with Gasteiger partial charge in [-0.25, -0.2) is 8.42 Å². The molecular weight excluding hydrogens is 454 g/mol. The Bertz CT molecular complexity index is 1260. The van der Waals surface area contributed by atoms with Crippen molar-refractivity contribution in [3.8, 4) is 23.1 Å². The topological polar surface area (TPSA) is 116 Å². The number of ether oxygens (including phenoxy) is 1. The van der Waals surface area contributed by atoms with E-state index in [-0.39, 0.29) is 29.1 Å². The minimum atomic E-state index is -3.66. The molecule has 1 aromatic carbocycles. The smallest absolute Gasteiger partial charge is 0.327 e. The van der Waals surface area contributed by atoms with Gasteiger partial charge in [0.2, 0.25) is 16.0 Å². The number of nitrogens with one attached hydrogen (secondary N) is 1. The Labute approximate surface area is 191 Å². The zero-order valence-electron chi connectivity index (χ0n) is 18.2. The largest absolute Gasteiger partial charge is 0.422 e. The maximum atomic E-state index is 12.4. The lowest BCUT2D eigenvalue weighted by Crippen LogP contribution is -2.20. The highest BCUT2D eigenvalue weighted by molar-refractivity contribution is 7.92. The van der Waals surface area contributed by atoms with Crippen LogP contribution in [0.15, 0.2) is 35.3 Å². The van der Waals surface area contributed by atoms with Crippen LogP contribution in [0.3, 0.4) is 0 Å². The zero-order chi connectivity index (χ0) is 23.5. The number of pyridine rings is 1. The third kappa shape index (κ3) is 5.63. The predicted octanol–water partition coefficient (Wildman–Crippen LogP) is 3.84. The van der Waals surface area contributed by atoms with Gasteiger partial charge in [-0.2, -0.15) is 15.0 Å². The first-order valence-corrected chi connectivity index (χ1v) is 12.0. The number of sulfonamides is 1. The minimum absolute atomic E-state index is 0.0662. The first-order valence-electron chi connectivity index (χ1n) is 9.97. The number of aromatic nitrogens is 4. The number of hydrogen-bond acceptors (Lipinski definition) is 7. The Hall–Kier alpha value is -2.98. The Balaban J connectivity index is 2.10. The van der Waals surface area contributed by atoms with Gasteiger partial charge in [-0.05, 0) is 38.0 Å². The second-order valence-corrected chi connectivity index (χ2v) is 9.60. The first kappa shape index (κ1) is 23.7. The summed E-state index contributed by atoms with van der Waals surface area (Å²) in [6, 6.07) is 6.75. The van der Waals surface area contributed by atoms with Crippen LogP contribution in [-0.4, -0.2) is 33.7 Å². The summed E-state index contributed by atoms with van der Waals surface area (Å²) in [5.74, 6) is 0.246. The van der Waals surface area contributed by atoms with Crippen molar-refractivity contribution in [2.75, 3.05) is 10.5 Å². The monoisotopic (exact) mass is 477 g/mol. The lowest BCUT2D eigenvalue weighted by Gasteiger charge is -2.12. The average Bonchev–Trinajstić information content (AvgIpc) is 2.72. The van der Waals surface area contributed by atoms with Crippen LogP contribution in [0.2, 0.25) is 5.02 Å². The summed E-state index contributed by atoms with van der Waals surface area (Å²) in [5, 5.41) is 0.356. The highest BCUT2D eigenvalue weighted by Gasteiger charge is 2.18. The van der Waals surface area contributed by atoms with Gasteiger partial charge in [-0.3, -0.25) is 9.52 Å². The van der Waals surface area contributed by atoms with Gasteiger partial charge in [-0.15, -0.1) is 0 Å². The van der Waals surface area contributed by atoms with Crippen molar-refractivity contribution < 1.29 is 13.2 Å². The predicted molar refractivity (Wildman–Crippen MR) is 124 cm³/mol. The lowest BCUT2D eigenvalue weighted by molar-refractivity contribution is 0.438. The molecule has 1 N–H and O–H groups in total. The van der Waals surface area contributed by atoms with Gasteiger partial charge in [0, 0.05) is 24.4 Å². The van der Waals surface area contributed by atoms with E-state index in [4.69, 9.17) is 16.3 Å². The molecule has 170 valence electrons. The maximum absolute atomic E-state index is 12.4. The second-order valence-electron chi connectivity index (χ2n) is 7.36. The molecule has 0 fully saturated rings. The zero-order valence-corrected chi connectivity index (χ0v) is 19.8. The highest BCUT2D eigenvalue weighted by atomic mass is 35.5. The van der Waals surface area contributed by atoms with Gasteiger partial charge < -0.3 is 9.30 Å². The van der Waals surface area contributed by atoms with E-state index in [2.05, 4.69) is 19.7 Å². The molecule has 0 bridgehead atoms. The van der Waals surface area contributed by atoms with Gasteiger partial charge in [0.1, 0.15) is 0 Å². The van der Waals surface area contributed by atoms with Crippen LogP contribution in [0.4, 0.5) is 5.95 Å². The third-order valence-corrected chi connectivity index (χ3v) is 6.22. The Morgan fingerprint density at radius 2 is 1.91 bits per heavy atom. The van der Waals surface area contributed by atoms with E-state index in [1.54, 1.807) is 38.4 Å². The molecule has 3 aromatic rings.